The van der Waals surface area contributed by atoms with E-state index in [4.69, 9.17) is 9.47 Å². The summed E-state index contributed by atoms with van der Waals surface area (Å²) in [5.41, 5.74) is 4.63. The molecule has 0 aromatic heterocycles. The maximum absolute atomic E-state index is 12.6. The summed E-state index contributed by atoms with van der Waals surface area (Å²) < 4.78 is 11.3. The number of methoxy groups -OCH3 is 1. The van der Waals surface area contributed by atoms with Crippen molar-refractivity contribution >= 4 is 5.97 Å². The van der Waals surface area contributed by atoms with Crippen molar-refractivity contribution in [2.24, 2.45) is 17.3 Å². The molecule has 28 heavy (non-hydrogen) atoms. The highest BCUT2D eigenvalue weighted by Gasteiger charge is 2.52. The standard InChI is InChI=1S/C24H33NO3/c1-16-7-6-11-24(2)14-22-18(13-20(16)24)19(23(26)28-22)15-25-12-10-17-8-4-5-9-21(17)27-3/h4-5,8-9,18-19,22,25H,6-7,10-15H2,1-3H3. The van der Waals surface area contributed by atoms with Crippen molar-refractivity contribution in [3.63, 3.8) is 0 Å². The number of allylic oxidation sites excluding steroid dienone is 2. The molecule has 1 saturated carbocycles. The first-order chi connectivity index (χ1) is 13.5. The molecule has 1 saturated heterocycles. The number of hydrogen-bond acceptors (Lipinski definition) is 4. The SMILES string of the molecule is COc1ccccc1CCNCC1C(=O)OC2CC3(C)CCCC(C)=C3CC21. The Labute approximate surface area is 168 Å². The van der Waals surface area contributed by atoms with E-state index in [1.807, 2.05) is 18.2 Å². The summed E-state index contributed by atoms with van der Waals surface area (Å²) in [5.74, 6) is 1.24. The molecule has 1 heterocycles. The molecule has 152 valence electrons. The van der Waals surface area contributed by atoms with Crippen molar-refractivity contribution in [1.82, 2.24) is 5.32 Å². The van der Waals surface area contributed by atoms with E-state index >= 15 is 0 Å². The predicted octanol–water partition coefficient (Wildman–Crippen LogP) is 4.29. The van der Waals surface area contributed by atoms with E-state index in [9.17, 15) is 4.79 Å². The third-order valence-electron chi connectivity index (χ3n) is 7.31. The van der Waals surface area contributed by atoms with E-state index in [0.717, 1.165) is 31.6 Å². The van der Waals surface area contributed by atoms with Crippen LogP contribution in [0, 0.1) is 17.3 Å². The zero-order valence-electron chi connectivity index (χ0n) is 17.4. The van der Waals surface area contributed by atoms with Crippen LogP contribution in [0.4, 0.5) is 0 Å². The second-order valence-corrected chi connectivity index (χ2v) is 9.09. The van der Waals surface area contributed by atoms with Crippen molar-refractivity contribution < 1.29 is 14.3 Å². The highest BCUT2D eigenvalue weighted by Crippen LogP contribution is 2.54. The number of esters is 1. The van der Waals surface area contributed by atoms with Crippen molar-refractivity contribution in [3.05, 3.63) is 41.0 Å². The molecule has 4 rings (SSSR count). The lowest BCUT2D eigenvalue weighted by molar-refractivity contribution is -0.145. The average molecular weight is 384 g/mol. The molecule has 2 fully saturated rings. The minimum Gasteiger partial charge on any atom is -0.496 e. The Bertz CT molecular complexity index is 771. The summed E-state index contributed by atoms with van der Waals surface area (Å²) in [5, 5.41) is 3.51. The lowest BCUT2D eigenvalue weighted by atomic mass is 9.59. The fourth-order valence-corrected chi connectivity index (χ4v) is 5.74. The van der Waals surface area contributed by atoms with Crippen LogP contribution in [0.15, 0.2) is 35.4 Å². The monoisotopic (exact) mass is 383 g/mol. The maximum Gasteiger partial charge on any atom is 0.310 e. The van der Waals surface area contributed by atoms with Crippen LogP contribution in [-0.2, 0) is 16.0 Å². The Hall–Kier alpha value is -1.81. The first kappa shape index (κ1) is 19.5. The van der Waals surface area contributed by atoms with E-state index < -0.39 is 0 Å². The van der Waals surface area contributed by atoms with Gasteiger partial charge in [-0.05, 0) is 69.0 Å². The molecule has 3 aliphatic rings. The van der Waals surface area contributed by atoms with Gasteiger partial charge in [0, 0.05) is 12.5 Å². The van der Waals surface area contributed by atoms with E-state index in [1.54, 1.807) is 18.3 Å². The molecule has 2 aliphatic carbocycles. The summed E-state index contributed by atoms with van der Waals surface area (Å²) in [6, 6.07) is 8.12. The molecule has 1 N–H and O–H groups in total. The van der Waals surface area contributed by atoms with Crippen LogP contribution in [0.25, 0.3) is 0 Å². The van der Waals surface area contributed by atoms with Gasteiger partial charge in [-0.2, -0.15) is 0 Å². The van der Waals surface area contributed by atoms with Crippen LogP contribution in [0.1, 0.15) is 51.5 Å². The number of carbonyl (C=O) groups excluding carboxylic acids is 1. The molecule has 1 aliphatic heterocycles. The second-order valence-electron chi connectivity index (χ2n) is 9.09. The lowest BCUT2D eigenvalue weighted by Crippen LogP contribution is -2.40. The topological polar surface area (TPSA) is 47.6 Å². The summed E-state index contributed by atoms with van der Waals surface area (Å²) in [6.45, 7) is 6.22. The van der Waals surface area contributed by atoms with Crippen molar-refractivity contribution in [2.45, 2.75) is 58.5 Å². The number of para-hydroxylation sites is 1. The molecule has 0 bridgehead atoms. The molecular weight excluding hydrogens is 350 g/mol. The van der Waals surface area contributed by atoms with E-state index in [0.29, 0.717) is 12.5 Å². The van der Waals surface area contributed by atoms with Crippen LogP contribution in [0.5, 0.6) is 5.75 Å². The number of nitrogens with one attached hydrogen (secondary N) is 1. The van der Waals surface area contributed by atoms with Crippen molar-refractivity contribution in [1.29, 1.82) is 0 Å². The van der Waals surface area contributed by atoms with E-state index in [-0.39, 0.29) is 23.4 Å². The van der Waals surface area contributed by atoms with Crippen molar-refractivity contribution in [3.8, 4) is 5.75 Å². The smallest absolute Gasteiger partial charge is 0.310 e. The van der Waals surface area contributed by atoms with Crippen LogP contribution in [-0.4, -0.2) is 32.3 Å². The lowest BCUT2D eigenvalue weighted by Gasteiger charge is -2.45. The van der Waals surface area contributed by atoms with E-state index in [1.165, 1.54) is 24.8 Å². The first-order valence-corrected chi connectivity index (χ1v) is 10.7. The molecule has 4 nitrogen and oxygen atoms in total. The number of fused-ring (bicyclic) bond motifs is 2. The largest absolute Gasteiger partial charge is 0.496 e. The average Bonchev–Trinajstić information content (AvgIpc) is 2.97. The molecule has 4 atom stereocenters. The van der Waals surface area contributed by atoms with Gasteiger partial charge in [0.1, 0.15) is 11.9 Å². The van der Waals surface area contributed by atoms with Crippen LogP contribution < -0.4 is 10.1 Å². The molecule has 4 unspecified atom stereocenters. The minimum absolute atomic E-state index is 0.000270. The van der Waals surface area contributed by atoms with Gasteiger partial charge in [0.2, 0.25) is 0 Å². The van der Waals surface area contributed by atoms with Gasteiger partial charge >= 0.3 is 5.97 Å². The number of benzene rings is 1. The molecular formula is C24H33NO3. The van der Waals surface area contributed by atoms with Gasteiger partial charge in [-0.1, -0.05) is 36.3 Å². The summed E-state index contributed by atoms with van der Waals surface area (Å²) >= 11 is 0. The molecule has 1 aromatic carbocycles. The second kappa shape index (κ2) is 7.90. The van der Waals surface area contributed by atoms with Gasteiger partial charge in [-0.3, -0.25) is 4.79 Å². The molecule has 1 aromatic rings. The Morgan fingerprint density at radius 2 is 2.14 bits per heavy atom. The molecule has 0 spiro atoms. The van der Waals surface area contributed by atoms with Crippen LogP contribution in [0.2, 0.25) is 0 Å². The molecule has 0 amide bonds. The number of hydrogen-bond donors (Lipinski definition) is 1. The Morgan fingerprint density at radius 3 is 2.96 bits per heavy atom. The van der Waals surface area contributed by atoms with Gasteiger partial charge in [-0.25, -0.2) is 0 Å². The van der Waals surface area contributed by atoms with Gasteiger partial charge in [0.05, 0.1) is 13.0 Å². The van der Waals surface area contributed by atoms with Crippen LogP contribution in [0.3, 0.4) is 0 Å². The quantitative estimate of drug-likeness (QED) is 0.452. The highest BCUT2D eigenvalue weighted by molar-refractivity contribution is 5.76. The Kier molecular flexibility index (Phi) is 5.50. The van der Waals surface area contributed by atoms with Crippen LogP contribution >= 0.6 is 0 Å². The minimum atomic E-state index is -0.0190. The normalized spacial score (nSPS) is 32.0. The van der Waals surface area contributed by atoms with Gasteiger partial charge in [0.25, 0.3) is 0 Å². The van der Waals surface area contributed by atoms with Gasteiger partial charge < -0.3 is 14.8 Å². The molecule has 0 radical (unpaired) electrons. The van der Waals surface area contributed by atoms with Crippen molar-refractivity contribution in [2.75, 3.05) is 20.2 Å². The Balaban J connectivity index is 1.37. The zero-order chi connectivity index (χ0) is 19.7. The number of carbonyl (C=O) groups is 1. The summed E-state index contributed by atoms with van der Waals surface area (Å²) in [6.07, 6.45) is 6.77. The third-order valence-corrected chi connectivity index (χ3v) is 7.31. The van der Waals surface area contributed by atoms with E-state index in [2.05, 4.69) is 25.2 Å². The zero-order valence-corrected chi connectivity index (χ0v) is 17.4. The Morgan fingerprint density at radius 1 is 1.32 bits per heavy atom. The number of rotatable bonds is 6. The van der Waals surface area contributed by atoms with Gasteiger partial charge in [-0.15, -0.1) is 0 Å². The fraction of sp³-hybridized carbons (Fsp3) is 0.625. The fourth-order valence-electron chi connectivity index (χ4n) is 5.74. The summed E-state index contributed by atoms with van der Waals surface area (Å²) in [7, 11) is 1.71. The predicted molar refractivity (Wildman–Crippen MR) is 110 cm³/mol. The van der Waals surface area contributed by atoms with Gasteiger partial charge in [0.15, 0.2) is 0 Å². The third kappa shape index (κ3) is 3.59. The summed E-state index contributed by atoms with van der Waals surface area (Å²) in [4.78, 5) is 12.6. The number of ether oxygens (including phenoxy) is 2. The maximum atomic E-state index is 12.6. The first-order valence-electron chi connectivity index (χ1n) is 10.7. The highest BCUT2D eigenvalue weighted by atomic mass is 16.6. The molecule has 4 heteroatoms.